The van der Waals surface area contributed by atoms with E-state index < -0.39 is 5.91 Å². The Hall–Kier alpha value is -2.83. The summed E-state index contributed by atoms with van der Waals surface area (Å²) in [6, 6.07) is 15.2. The second-order valence-corrected chi connectivity index (χ2v) is 7.74. The van der Waals surface area contributed by atoms with Gasteiger partial charge in [0.2, 0.25) is 0 Å². The molecule has 3 aromatic heterocycles. The van der Waals surface area contributed by atoms with Crippen molar-refractivity contribution in [3.63, 3.8) is 0 Å². The van der Waals surface area contributed by atoms with E-state index in [1.54, 1.807) is 6.20 Å². The number of thiophene rings is 1. The molecule has 3 heterocycles. The van der Waals surface area contributed by atoms with Crippen LogP contribution < -0.4 is 10.5 Å². The van der Waals surface area contributed by atoms with Crippen LogP contribution in [0.25, 0.3) is 16.2 Å². The highest BCUT2D eigenvalue weighted by molar-refractivity contribution is 7.17. The molecule has 7 heteroatoms. The van der Waals surface area contributed by atoms with E-state index in [0.717, 1.165) is 21.8 Å². The number of carbonyl (C=O) groups excluding carboxylic acids is 1. The molecular weight excluding hydrogens is 394 g/mol. The second-order valence-electron chi connectivity index (χ2n) is 6.28. The molecule has 0 aliphatic rings. The fourth-order valence-electron chi connectivity index (χ4n) is 3.13. The van der Waals surface area contributed by atoms with Crippen molar-refractivity contribution in [3.05, 3.63) is 76.4 Å². The molecule has 28 heavy (non-hydrogen) atoms. The number of nitrogens with two attached hydrogens (primary N) is 1. The molecule has 0 aliphatic heterocycles. The third-order valence-electron chi connectivity index (χ3n) is 4.48. The summed E-state index contributed by atoms with van der Waals surface area (Å²) in [4.78, 5) is 17.7. The number of nitrogens with zero attached hydrogens (tertiary/aromatic N) is 2. The first kappa shape index (κ1) is 18.5. The van der Waals surface area contributed by atoms with Gasteiger partial charge in [-0.3, -0.25) is 9.20 Å². The van der Waals surface area contributed by atoms with Crippen LogP contribution in [0.1, 0.15) is 34.7 Å². The molecule has 142 valence electrons. The maximum atomic E-state index is 12.0. The van der Waals surface area contributed by atoms with Gasteiger partial charge in [0.1, 0.15) is 22.4 Å². The van der Waals surface area contributed by atoms with Crippen LogP contribution in [0.15, 0.2) is 60.9 Å². The smallest absolute Gasteiger partial charge is 0.262 e. The van der Waals surface area contributed by atoms with Gasteiger partial charge in [-0.2, -0.15) is 0 Å². The highest BCUT2D eigenvalue weighted by Crippen LogP contribution is 2.39. The van der Waals surface area contributed by atoms with E-state index in [2.05, 4.69) is 4.98 Å². The molecule has 1 amide bonds. The zero-order valence-corrected chi connectivity index (χ0v) is 16.7. The summed E-state index contributed by atoms with van der Waals surface area (Å²) >= 11 is 7.64. The van der Waals surface area contributed by atoms with E-state index in [-0.39, 0.29) is 6.10 Å². The maximum absolute atomic E-state index is 12.0. The van der Waals surface area contributed by atoms with Gasteiger partial charge in [0.25, 0.3) is 5.91 Å². The third kappa shape index (κ3) is 3.37. The molecule has 1 atom stereocenters. The van der Waals surface area contributed by atoms with Crippen LogP contribution in [0.5, 0.6) is 5.75 Å². The average molecular weight is 412 g/mol. The Morgan fingerprint density at radius 1 is 1.29 bits per heavy atom. The van der Waals surface area contributed by atoms with Gasteiger partial charge in [0, 0.05) is 22.8 Å². The zero-order chi connectivity index (χ0) is 19.7. The number of halogens is 1. The standard InChI is InChI=1S/C21H18ClN3O2S/c1-2-16(13-7-3-4-8-14(13)22)27-17-11-18(28-20(17)21(23)26)15-12-24-19-9-5-6-10-25(15)19/h3-12,16H,2H2,1H3,(H2,23,26). The number of rotatable bonds is 6. The number of primary amides is 1. The van der Waals surface area contributed by atoms with E-state index in [1.165, 1.54) is 11.3 Å². The minimum Gasteiger partial charge on any atom is -0.484 e. The molecule has 0 saturated carbocycles. The topological polar surface area (TPSA) is 69.6 Å². The normalized spacial score (nSPS) is 12.2. The van der Waals surface area contributed by atoms with E-state index in [1.807, 2.05) is 66.1 Å². The van der Waals surface area contributed by atoms with E-state index in [9.17, 15) is 4.79 Å². The lowest BCUT2D eigenvalue weighted by Gasteiger charge is -2.19. The van der Waals surface area contributed by atoms with E-state index >= 15 is 0 Å². The molecule has 0 saturated heterocycles. The van der Waals surface area contributed by atoms with Crippen LogP contribution in [0, 0.1) is 0 Å². The lowest BCUT2D eigenvalue weighted by Crippen LogP contribution is -2.13. The van der Waals surface area contributed by atoms with Crippen LogP contribution in [0.2, 0.25) is 5.02 Å². The molecule has 1 unspecified atom stereocenters. The molecular formula is C21H18ClN3O2S. The first-order valence-corrected chi connectivity index (χ1v) is 10.0. The predicted octanol–water partition coefficient (Wildman–Crippen LogP) is 5.35. The Morgan fingerprint density at radius 3 is 2.82 bits per heavy atom. The molecule has 0 bridgehead atoms. The van der Waals surface area contributed by atoms with Crippen LogP contribution in [-0.4, -0.2) is 15.3 Å². The molecule has 5 nitrogen and oxygen atoms in total. The van der Waals surface area contributed by atoms with Crippen LogP contribution in [0.4, 0.5) is 0 Å². The van der Waals surface area contributed by atoms with Crippen LogP contribution in [-0.2, 0) is 0 Å². The Labute approximate surface area is 171 Å². The number of benzene rings is 1. The second kappa shape index (κ2) is 7.66. The number of hydrogen-bond acceptors (Lipinski definition) is 4. The van der Waals surface area contributed by atoms with E-state index in [4.69, 9.17) is 22.1 Å². The van der Waals surface area contributed by atoms with Crippen molar-refractivity contribution < 1.29 is 9.53 Å². The number of amides is 1. The monoisotopic (exact) mass is 411 g/mol. The SMILES string of the molecule is CCC(Oc1cc(-c2cnc3ccccn23)sc1C(N)=O)c1ccccc1Cl. The number of pyridine rings is 1. The van der Waals surface area contributed by atoms with Crippen LogP contribution >= 0.6 is 22.9 Å². The van der Waals surface area contributed by atoms with Crippen molar-refractivity contribution in [1.82, 2.24) is 9.38 Å². The van der Waals surface area contributed by atoms with Crippen molar-refractivity contribution in [2.24, 2.45) is 5.73 Å². The minimum atomic E-state index is -0.519. The first-order valence-electron chi connectivity index (χ1n) is 8.85. The fraction of sp³-hybridized carbons (Fsp3) is 0.143. The number of ether oxygens (including phenoxy) is 1. The van der Waals surface area contributed by atoms with Gasteiger partial charge in [-0.25, -0.2) is 4.98 Å². The molecule has 0 spiro atoms. The lowest BCUT2D eigenvalue weighted by molar-refractivity contribution is 0.0997. The minimum absolute atomic E-state index is 0.281. The number of fused-ring (bicyclic) bond motifs is 1. The number of imidazole rings is 1. The van der Waals surface area contributed by atoms with Gasteiger partial charge >= 0.3 is 0 Å². The van der Waals surface area contributed by atoms with Crippen LogP contribution in [0.3, 0.4) is 0 Å². The maximum Gasteiger partial charge on any atom is 0.262 e. The molecule has 0 fully saturated rings. The number of aromatic nitrogens is 2. The fourth-order valence-corrected chi connectivity index (χ4v) is 4.34. The van der Waals surface area contributed by atoms with Crippen molar-refractivity contribution in [2.75, 3.05) is 0 Å². The quantitative estimate of drug-likeness (QED) is 0.465. The van der Waals surface area contributed by atoms with Crippen molar-refractivity contribution >= 4 is 34.5 Å². The summed E-state index contributed by atoms with van der Waals surface area (Å²) in [6.45, 7) is 2.01. The Balaban J connectivity index is 1.75. The van der Waals surface area contributed by atoms with Crippen molar-refractivity contribution in [3.8, 4) is 16.3 Å². The third-order valence-corrected chi connectivity index (χ3v) is 5.98. The molecule has 4 rings (SSSR count). The molecule has 4 aromatic rings. The molecule has 1 aromatic carbocycles. The van der Waals surface area contributed by atoms with Gasteiger partial charge in [0.15, 0.2) is 0 Å². The molecule has 0 aliphatic carbocycles. The molecule has 2 N–H and O–H groups in total. The summed E-state index contributed by atoms with van der Waals surface area (Å²) in [5.41, 5.74) is 8.21. The first-order chi connectivity index (χ1) is 13.6. The van der Waals surface area contributed by atoms with E-state index in [0.29, 0.717) is 22.1 Å². The van der Waals surface area contributed by atoms with Gasteiger partial charge in [-0.15, -0.1) is 11.3 Å². The summed E-state index contributed by atoms with van der Waals surface area (Å²) in [7, 11) is 0. The Kier molecular flexibility index (Phi) is 5.07. The zero-order valence-electron chi connectivity index (χ0n) is 15.1. The van der Waals surface area contributed by atoms with Gasteiger partial charge in [-0.1, -0.05) is 42.8 Å². The number of carbonyl (C=O) groups is 1. The van der Waals surface area contributed by atoms with Gasteiger partial charge in [0.05, 0.1) is 16.8 Å². The average Bonchev–Trinajstić information content (AvgIpc) is 3.30. The van der Waals surface area contributed by atoms with Crippen molar-refractivity contribution in [2.45, 2.75) is 19.4 Å². The predicted molar refractivity (Wildman–Crippen MR) is 112 cm³/mol. The Morgan fingerprint density at radius 2 is 2.07 bits per heavy atom. The Bertz CT molecular complexity index is 1150. The number of hydrogen-bond donors (Lipinski definition) is 1. The largest absolute Gasteiger partial charge is 0.484 e. The summed E-state index contributed by atoms with van der Waals surface area (Å²) in [5, 5.41) is 0.632. The van der Waals surface area contributed by atoms with Gasteiger partial charge < -0.3 is 10.5 Å². The summed E-state index contributed by atoms with van der Waals surface area (Å²) < 4.78 is 8.17. The van der Waals surface area contributed by atoms with Gasteiger partial charge in [-0.05, 0) is 24.6 Å². The highest BCUT2D eigenvalue weighted by Gasteiger charge is 2.22. The summed E-state index contributed by atoms with van der Waals surface area (Å²) in [6.07, 6.45) is 4.13. The van der Waals surface area contributed by atoms with Crippen molar-refractivity contribution in [1.29, 1.82) is 0 Å². The highest BCUT2D eigenvalue weighted by atomic mass is 35.5. The molecule has 0 radical (unpaired) electrons. The summed E-state index contributed by atoms with van der Waals surface area (Å²) in [5.74, 6) is -0.0563. The lowest BCUT2D eigenvalue weighted by atomic mass is 10.1.